The molecule has 0 aliphatic heterocycles. The van der Waals surface area contributed by atoms with E-state index in [1.807, 2.05) is 11.6 Å². The zero-order valence-corrected chi connectivity index (χ0v) is 14.5. The summed E-state index contributed by atoms with van der Waals surface area (Å²) in [6, 6.07) is 4.42. The van der Waals surface area contributed by atoms with Crippen molar-refractivity contribution in [3.8, 4) is 0 Å². The zero-order valence-electron chi connectivity index (χ0n) is 14.5. The summed E-state index contributed by atoms with van der Waals surface area (Å²) in [7, 11) is 0. The molecule has 25 heavy (non-hydrogen) atoms. The molecule has 132 valence electrons. The van der Waals surface area contributed by atoms with Crippen LogP contribution in [0.2, 0.25) is 0 Å². The summed E-state index contributed by atoms with van der Waals surface area (Å²) in [5, 5.41) is 7.13. The van der Waals surface area contributed by atoms with Crippen LogP contribution in [0.1, 0.15) is 54.7 Å². The molecule has 1 N–H and O–H groups in total. The molecule has 0 unspecified atom stereocenters. The number of oxazole rings is 1. The van der Waals surface area contributed by atoms with Gasteiger partial charge in [0.15, 0.2) is 5.58 Å². The van der Waals surface area contributed by atoms with Gasteiger partial charge in [0.05, 0.1) is 24.3 Å². The van der Waals surface area contributed by atoms with Crippen molar-refractivity contribution in [3.63, 3.8) is 0 Å². The molecule has 0 aliphatic rings. The van der Waals surface area contributed by atoms with Crippen LogP contribution in [0.5, 0.6) is 0 Å². The van der Waals surface area contributed by atoms with Crippen LogP contribution >= 0.6 is 0 Å². The number of benzene rings is 1. The Morgan fingerprint density at radius 3 is 2.84 bits per heavy atom. The van der Waals surface area contributed by atoms with Gasteiger partial charge in [-0.15, -0.1) is 0 Å². The monoisotopic (exact) mass is 344 g/mol. The largest absolute Gasteiger partial charge is 0.439 e. The van der Waals surface area contributed by atoms with E-state index in [-0.39, 0.29) is 24.3 Å². The van der Waals surface area contributed by atoms with Gasteiger partial charge in [0, 0.05) is 11.8 Å². The molecular formula is C18H21FN4O2. The minimum Gasteiger partial charge on any atom is -0.439 e. The van der Waals surface area contributed by atoms with Crippen molar-refractivity contribution < 1.29 is 13.6 Å². The molecule has 0 saturated carbocycles. The first-order chi connectivity index (χ1) is 12.0. The lowest BCUT2D eigenvalue weighted by Gasteiger charge is -2.15. The molecule has 0 radical (unpaired) electrons. The van der Waals surface area contributed by atoms with Gasteiger partial charge in [0.25, 0.3) is 5.91 Å². The van der Waals surface area contributed by atoms with Gasteiger partial charge in [-0.1, -0.05) is 13.8 Å². The van der Waals surface area contributed by atoms with Gasteiger partial charge in [0.1, 0.15) is 11.3 Å². The first-order valence-electron chi connectivity index (χ1n) is 8.40. The molecule has 1 amide bonds. The zero-order chi connectivity index (χ0) is 18.0. The molecule has 1 aromatic carbocycles. The summed E-state index contributed by atoms with van der Waals surface area (Å²) in [5.41, 5.74) is 2.30. The smallest absolute Gasteiger partial charge is 0.255 e. The number of nitrogens with zero attached hydrogens (tertiary/aromatic N) is 3. The predicted octanol–water partition coefficient (Wildman–Crippen LogP) is 3.76. The van der Waals surface area contributed by atoms with E-state index in [2.05, 4.69) is 29.2 Å². The van der Waals surface area contributed by atoms with Gasteiger partial charge in [-0.05, 0) is 31.9 Å². The Bertz CT molecular complexity index is 896. The number of amides is 1. The number of halogens is 1. The van der Waals surface area contributed by atoms with E-state index < -0.39 is 0 Å². The first-order valence-corrected chi connectivity index (χ1v) is 8.40. The van der Waals surface area contributed by atoms with Crippen LogP contribution in [0.25, 0.3) is 11.1 Å². The van der Waals surface area contributed by atoms with Gasteiger partial charge in [-0.25, -0.2) is 9.37 Å². The third-order valence-electron chi connectivity index (χ3n) is 4.37. The lowest BCUT2D eigenvalue weighted by Crippen LogP contribution is -2.23. The summed E-state index contributed by atoms with van der Waals surface area (Å²) >= 11 is 0. The van der Waals surface area contributed by atoms with Crippen LogP contribution in [-0.2, 0) is 6.54 Å². The molecule has 3 rings (SSSR count). The van der Waals surface area contributed by atoms with E-state index in [1.54, 1.807) is 6.20 Å². The Labute approximate surface area is 145 Å². The van der Waals surface area contributed by atoms with E-state index in [0.717, 1.165) is 18.5 Å². The van der Waals surface area contributed by atoms with Crippen molar-refractivity contribution in [1.82, 2.24) is 20.1 Å². The lowest BCUT2D eigenvalue weighted by molar-refractivity contribution is 0.0946. The highest BCUT2D eigenvalue weighted by Gasteiger charge is 2.18. The average molecular weight is 344 g/mol. The summed E-state index contributed by atoms with van der Waals surface area (Å²) in [4.78, 5) is 16.6. The van der Waals surface area contributed by atoms with Crippen LogP contribution in [0.3, 0.4) is 0 Å². The second-order valence-corrected chi connectivity index (χ2v) is 5.96. The summed E-state index contributed by atoms with van der Waals surface area (Å²) < 4.78 is 20.6. The van der Waals surface area contributed by atoms with Gasteiger partial charge in [-0.3, -0.25) is 9.48 Å². The highest BCUT2D eigenvalue weighted by molar-refractivity contribution is 5.95. The van der Waals surface area contributed by atoms with E-state index >= 15 is 0 Å². The molecule has 3 aromatic rings. The van der Waals surface area contributed by atoms with Gasteiger partial charge in [-0.2, -0.15) is 5.10 Å². The lowest BCUT2D eigenvalue weighted by atomic mass is 10.1. The van der Waals surface area contributed by atoms with Crippen LogP contribution in [0, 0.1) is 12.7 Å². The molecule has 6 nitrogen and oxygen atoms in total. The minimum atomic E-state index is -0.374. The minimum absolute atomic E-state index is 0.130. The molecule has 0 bridgehead atoms. The number of hydrogen-bond donors (Lipinski definition) is 1. The molecule has 0 fully saturated rings. The second-order valence-electron chi connectivity index (χ2n) is 5.96. The Morgan fingerprint density at radius 2 is 2.12 bits per heavy atom. The number of carbonyl (C=O) groups excluding carboxylic acids is 1. The fraction of sp³-hybridized carbons (Fsp3) is 0.389. The molecule has 2 aromatic heterocycles. The van der Waals surface area contributed by atoms with Crippen molar-refractivity contribution >= 4 is 17.0 Å². The molecular weight excluding hydrogens is 323 g/mol. The average Bonchev–Trinajstić information content (AvgIpc) is 3.17. The summed E-state index contributed by atoms with van der Waals surface area (Å²) in [6.07, 6.45) is 3.50. The molecule has 2 heterocycles. The Balaban J connectivity index is 1.71. The molecule has 0 atom stereocenters. The van der Waals surface area contributed by atoms with Crippen LogP contribution in [0.4, 0.5) is 4.39 Å². The first kappa shape index (κ1) is 17.1. The number of fused-ring (bicyclic) bond motifs is 1. The van der Waals surface area contributed by atoms with E-state index in [4.69, 9.17) is 4.42 Å². The van der Waals surface area contributed by atoms with Gasteiger partial charge in [0.2, 0.25) is 5.89 Å². The van der Waals surface area contributed by atoms with Crippen molar-refractivity contribution in [3.05, 3.63) is 47.4 Å². The maximum Gasteiger partial charge on any atom is 0.255 e. The SMILES string of the molecule is CCC(CC)n1ncc(C(=O)NCc2nc3cc(F)ccc3o2)c1C. The number of aromatic nitrogens is 3. The number of hydrogen-bond acceptors (Lipinski definition) is 4. The Morgan fingerprint density at radius 1 is 1.36 bits per heavy atom. The maximum atomic E-state index is 13.2. The van der Waals surface area contributed by atoms with Crippen molar-refractivity contribution in [2.45, 2.75) is 46.2 Å². The predicted molar refractivity (Wildman–Crippen MR) is 91.7 cm³/mol. The second kappa shape index (κ2) is 7.04. The molecule has 0 aliphatic carbocycles. The third kappa shape index (κ3) is 3.40. The van der Waals surface area contributed by atoms with Crippen molar-refractivity contribution in [2.24, 2.45) is 0 Å². The standard InChI is InChI=1S/C18H21FN4O2/c1-4-13(5-2)23-11(3)14(9-21-23)18(24)20-10-17-22-15-8-12(19)6-7-16(15)25-17/h6-9,13H,4-5,10H2,1-3H3,(H,20,24). The molecule has 0 saturated heterocycles. The number of carbonyl (C=O) groups is 1. The topological polar surface area (TPSA) is 73.0 Å². The highest BCUT2D eigenvalue weighted by atomic mass is 19.1. The fourth-order valence-corrected chi connectivity index (χ4v) is 2.92. The summed E-state index contributed by atoms with van der Waals surface area (Å²) in [5.74, 6) is -0.275. The highest BCUT2D eigenvalue weighted by Crippen LogP contribution is 2.20. The quantitative estimate of drug-likeness (QED) is 0.739. The fourth-order valence-electron chi connectivity index (χ4n) is 2.92. The van der Waals surface area contributed by atoms with E-state index in [0.29, 0.717) is 22.6 Å². The number of nitrogens with one attached hydrogen (secondary N) is 1. The molecule has 7 heteroatoms. The van der Waals surface area contributed by atoms with Crippen LogP contribution in [-0.4, -0.2) is 20.7 Å². The van der Waals surface area contributed by atoms with Gasteiger partial charge >= 0.3 is 0 Å². The van der Waals surface area contributed by atoms with Crippen molar-refractivity contribution in [1.29, 1.82) is 0 Å². The van der Waals surface area contributed by atoms with Crippen molar-refractivity contribution in [2.75, 3.05) is 0 Å². The van der Waals surface area contributed by atoms with Gasteiger partial charge < -0.3 is 9.73 Å². The summed E-state index contributed by atoms with van der Waals surface area (Å²) in [6.45, 7) is 6.23. The third-order valence-corrected chi connectivity index (χ3v) is 4.37. The van der Waals surface area contributed by atoms with E-state index in [9.17, 15) is 9.18 Å². The van der Waals surface area contributed by atoms with E-state index in [1.165, 1.54) is 18.2 Å². The normalized spacial score (nSPS) is 11.4. The Hall–Kier alpha value is -2.70. The van der Waals surface area contributed by atoms with Crippen LogP contribution in [0.15, 0.2) is 28.8 Å². The molecule has 0 spiro atoms. The maximum absolute atomic E-state index is 13.2. The Kier molecular flexibility index (Phi) is 4.83. The number of rotatable bonds is 6. The van der Waals surface area contributed by atoms with Crippen LogP contribution < -0.4 is 5.32 Å².